The van der Waals surface area contributed by atoms with Gasteiger partial charge in [-0.05, 0) is 67.5 Å². The molecule has 2 rings (SSSR count). The van der Waals surface area contributed by atoms with Crippen molar-refractivity contribution in [2.75, 3.05) is 36.8 Å². The molecule has 0 saturated heterocycles. The van der Waals surface area contributed by atoms with Crippen molar-refractivity contribution < 1.29 is 9.59 Å². The SMILES string of the molecule is CCCCN(CCCC)C(=O)Nc1ccc(Cc2ccc(NC(=O)N(CCCC)CCCC)cc2)cc1. The Morgan fingerprint density at radius 1 is 0.541 bits per heavy atom. The maximum absolute atomic E-state index is 12.7. The van der Waals surface area contributed by atoms with E-state index in [0.29, 0.717) is 0 Å². The van der Waals surface area contributed by atoms with Gasteiger partial charge in [0.15, 0.2) is 0 Å². The summed E-state index contributed by atoms with van der Waals surface area (Å²) in [6.07, 6.45) is 9.19. The number of hydrogen-bond acceptors (Lipinski definition) is 2. The third-order valence-corrected chi connectivity index (χ3v) is 6.52. The van der Waals surface area contributed by atoms with Gasteiger partial charge < -0.3 is 20.4 Å². The maximum Gasteiger partial charge on any atom is 0.321 e. The molecule has 2 aromatic carbocycles. The van der Waals surface area contributed by atoms with E-state index in [1.54, 1.807) is 0 Å². The highest BCUT2D eigenvalue weighted by Gasteiger charge is 2.14. The summed E-state index contributed by atoms with van der Waals surface area (Å²) in [5.74, 6) is 0. The first-order valence-electron chi connectivity index (χ1n) is 14.3. The molecule has 4 amide bonds. The molecule has 0 aromatic heterocycles. The van der Waals surface area contributed by atoms with Crippen molar-refractivity contribution in [2.24, 2.45) is 0 Å². The van der Waals surface area contributed by atoms with Crippen LogP contribution in [0.3, 0.4) is 0 Å². The van der Waals surface area contributed by atoms with Gasteiger partial charge in [0.1, 0.15) is 0 Å². The van der Waals surface area contributed by atoms with E-state index in [-0.39, 0.29) is 12.1 Å². The fourth-order valence-electron chi connectivity index (χ4n) is 4.08. The number of amides is 4. The van der Waals surface area contributed by atoms with Crippen molar-refractivity contribution in [3.05, 3.63) is 59.7 Å². The number of benzene rings is 2. The molecule has 2 N–H and O–H groups in total. The molecule has 37 heavy (non-hydrogen) atoms. The van der Waals surface area contributed by atoms with Crippen LogP contribution in [0.15, 0.2) is 48.5 Å². The van der Waals surface area contributed by atoms with Gasteiger partial charge in [-0.25, -0.2) is 9.59 Å². The standard InChI is InChI=1S/C31H48N4O2/c1-5-9-21-34(22-10-6-2)30(36)32-28-17-13-26(14-18-28)25-27-15-19-29(20-16-27)33-31(37)35(23-11-7-3)24-12-8-4/h13-20H,5-12,21-25H2,1-4H3,(H,32,36)(H,33,37). The average Bonchev–Trinajstić information content (AvgIpc) is 2.91. The summed E-state index contributed by atoms with van der Waals surface area (Å²) in [4.78, 5) is 29.3. The normalized spacial score (nSPS) is 10.7. The van der Waals surface area contributed by atoms with Gasteiger partial charge in [-0.2, -0.15) is 0 Å². The van der Waals surface area contributed by atoms with Crippen LogP contribution in [0.5, 0.6) is 0 Å². The van der Waals surface area contributed by atoms with Gasteiger partial charge in [0.05, 0.1) is 0 Å². The predicted molar refractivity (Wildman–Crippen MR) is 157 cm³/mol. The van der Waals surface area contributed by atoms with E-state index < -0.39 is 0 Å². The summed E-state index contributed by atoms with van der Waals surface area (Å²) in [5.41, 5.74) is 3.99. The largest absolute Gasteiger partial charge is 0.325 e. The van der Waals surface area contributed by atoms with Crippen LogP contribution in [0.2, 0.25) is 0 Å². The van der Waals surface area contributed by atoms with Gasteiger partial charge >= 0.3 is 12.1 Å². The van der Waals surface area contributed by atoms with Crippen molar-refractivity contribution in [3.8, 4) is 0 Å². The Kier molecular flexibility index (Phi) is 14.2. The van der Waals surface area contributed by atoms with Crippen molar-refractivity contribution in [1.29, 1.82) is 0 Å². The minimum Gasteiger partial charge on any atom is -0.325 e. The van der Waals surface area contributed by atoms with Crippen LogP contribution in [0.4, 0.5) is 21.0 Å². The van der Waals surface area contributed by atoms with Crippen LogP contribution in [0, 0.1) is 0 Å². The predicted octanol–water partition coefficient (Wildman–Crippen LogP) is 8.15. The van der Waals surface area contributed by atoms with E-state index in [1.165, 1.54) is 11.1 Å². The number of hydrogen-bond donors (Lipinski definition) is 2. The minimum absolute atomic E-state index is 0.0183. The Balaban J connectivity index is 1.91. The molecule has 0 aliphatic carbocycles. The molecule has 0 fully saturated rings. The number of carbonyl (C=O) groups excluding carboxylic acids is 2. The van der Waals surface area contributed by atoms with E-state index in [2.05, 4.69) is 62.6 Å². The molecule has 0 bridgehead atoms. The Hall–Kier alpha value is -3.02. The Labute approximate surface area is 224 Å². The van der Waals surface area contributed by atoms with Crippen LogP contribution in [-0.4, -0.2) is 48.0 Å². The summed E-state index contributed by atoms with van der Waals surface area (Å²) in [6.45, 7) is 11.8. The summed E-state index contributed by atoms with van der Waals surface area (Å²) in [6, 6.07) is 16.1. The van der Waals surface area contributed by atoms with Crippen LogP contribution in [-0.2, 0) is 6.42 Å². The Morgan fingerprint density at radius 3 is 1.11 bits per heavy atom. The molecule has 0 radical (unpaired) electrons. The number of urea groups is 2. The lowest BCUT2D eigenvalue weighted by molar-refractivity contribution is 0.209. The second-order valence-corrected chi connectivity index (χ2v) is 9.82. The van der Waals surface area contributed by atoms with Gasteiger partial charge in [0.25, 0.3) is 0 Å². The van der Waals surface area contributed by atoms with Crippen LogP contribution in [0.1, 0.15) is 90.2 Å². The lowest BCUT2D eigenvalue weighted by Crippen LogP contribution is -2.36. The van der Waals surface area contributed by atoms with E-state index in [0.717, 1.165) is 95.3 Å². The van der Waals surface area contributed by atoms with E-state index in [9.17, 15) is 9.59 Å². The van der Waals surface area contributed by atoms with Crippen molar-refractivity contribution in [1.82, 2.24) is 9.80 Å². The zero-order valence-electron chi connectivity index (χ0n) is 23.5. The highest BCUT2D eigenvalue weighted by molar-refractivity contribution is 5.90. The fraction of sp³-hybridized carbons (Fsp3) is 0.548. The van der Waals surface area contributed by atoms with E-state index in [1.807, 2.05) is 34.1 Å². The second kappa shape index (κ2) is 17.4. The number of nitrogens with one attached hydrogen (secondary N) is 2. The van der Waals surface area contributed by atoms with Gasteiger partial charge in [0, 0.05) is 37.6 Å². The number of carbonyl (C=O) groups is 2. The van der Waals surface area contributed by atoms with Crippen LogP contribution < -0.4 is 10.6 Å². The zero-order valence-corrected chi connectivity index (χ0v) is 23.5. The molecule has 6 nitrogen and oxygen atoms in total. The molecular weight excluding hydrogens is 460 g/mol. The van der Waals surface area contributed by atoms with Gasteiger partial charge in [-0.15, -0.1) is 0 Å². The molecule has 0 unspecified atom stereocenters. The minimum atomic E-state index is -0.0183. The molecule has 0 saturated carbocycles. The second-order valence-electron chi connectivity index (χ2n) is 9.82. The number of nitrogens with zero attached hydrogens (tertiary/aromatic N) is 2. The Bertz CT molecular complexity index is 820. The smallest absolute Gasteiger partial charge is 0.321 e. The van der Waals surface area contributed by atoms with Crippen molar-refractivity contribution in [3.63, 3.8) is 0 Å². The highest BCUT2D eigenvalue weighted by Crippen LogP contribution is 2.17. The number of anilines is 2. The van der Waals surface area contributed by atoms with Gasteiger partial charge in [0.2, 0.25) is 0 Å². The molecule has 2 aromatic rings. The van der Waals surface area contributed by atoms with Crippen LogP contribution >= 0.6 is 0 Å². The first kappa shape index (κ1) is 30.2. The molecule has 0 aliphatic rings. The van der Waals surface area contributed by atoms with Gasteiger partial charge in [-0.1, -0.05) is 77.6 Å². The summed E-state index contributed by atoms with van der Waals surface area (Å²) in [7, 11) is 0. The zero-order chi connectivity index (χ0) is 26.9. The van der Waals surface area contributed by atoms with Crippen LogP contribution in [0.25, 0.3) is 0 Å². The molecule has 0 atom stereocenters. The lowest BCUT2D eigenvalue weighted by Gasteiger charge is -2.23. The average molecular weight is 509 g/mol. The maximum atomic E-state index is 12.7. The third-order valence-electron chi connectivity index (χ3n) is 6.52. The topological polar surface area (TPSA) is 64.7 Å². The molecule has 6 heteroatoms. The van der Waals surface area contributed by atoms with Crippen molar-refractivity contribution >= 4 is 23.4 Å². The summed E-state index contributed by atoms with van der Waals surface area (Å²) >= 11 is 0. The third kappa shape index (κ3) is 11.3. The van der Waals surface area contributed by atoms with E-state index in [4.69, 9.17) is 0 Å². The molecule has 0 spiro atoms. The molecule has 0 heterocycles. The molecule has 0 aliphatic heterocycles. The summed E-state index contributed by atoms with van der Waals surface area (Å²) in [5, 5.41) is 6.11. The summed E-state index contributed by atoms with van der Waals surface area (Å²) < 4.78 is 0. The lowest BCUT2D eigenvalue weighted by atomic mass is 10.0. The first-order chi connectivity index (χ1) is 18.0. The van der Waals surface area contributed by atoms with Gasteiger partial charge in [-0.3, -0.25) is 0 Å². The quantitative estimate of drug-likeness (QED) is 0.240. The van der Waals surface area contributed by atoms with E-state index >= 15 is 0 Å². The van der Waals surface area contributed by atoms with Crippen molar-refractivity contribution in [2.45, 2.75) is 85.5 Å². The fourth-order valence-corrected chi connectivity index (χ4v) is 4.08. The monoisotopic (exact) mass is 508 g/mol. The number of unbranched alkanes of at least 4 members (excludes halogenated alkanes) is 4. The highest BCUT2D eigenvalue weighted by atomic mass is 16.2. The molecule has 204 valence electrons. The Morgan fingerprint density at radius 2 is 0.838 bits per heavy atom. The first-order valence-corrected chi connectivity index (χ1v) is 14.3. The molecular formula is C31H48N4O2. The number of rotatable bonds is 16.